The summed E-state index contributed by atoms with van der Waals surface area (Å²) < 4.78 is 0. The van der Waals surface area contributed by atoms with E-state index in [-0.39, 0.29) is 5.88 Å². The first-order chi connectivity index (χ1) is 6.77. The standard InChI is InChI=1S/C11H10N2O/c1-8-5-6-10(14)13-11(8)9-4-2-3-7-12-9/h2-7H,1H3,(H,13,14). The molecular formula is C11H10N2O. The molecular weight excluding hydrogens is 176 g/mol. The van der Waals surface area contributed by atoms with Gasteiger partial charge >= 0.3 is 0 Å². The van der Waals surface area contributed by atoms with Gasteiger partial charge < -0.3 is 5.11 Å². The fraction of sp³-hybridized carbons (Fsp3) is 0.0909. The van der Waals surface area contributed by atoms with E-state index in [4.69, 9.17) is 0 Å². The highest BCUT2D eigenvalue weighted by Crippen LogP contribution is 2.20. The van der Waals surface area contributed by atoms with Crippen LogP contribution in [0.4, 0.5) is 0 Å². The van der Waals surface area contributed by atoms with Gasteiger partial charge in [-0.15, -0.1) is 0 Å². The molecule has 0 bridgehead atoms. The van der Waals surface area contributed by atoms with Crippen LogP contribution in [0, 0.1) is 6.92 Å². The molecule has 0 saturated heterocycles. The number of aromatic hydroxyl groups is 1. The summed E-state index contributed by atoms with van der Waals surface area (Å²) in [4.78, 5) is 8.21. The van der Waals surface area contributed by atoms with E-state index < -0.39 is 0 Å². The lowest BCUT2D eigenvalue weighted by atomic mass is 10.1. The molecule has 3 heteroatoms. The Balaban J connectivity index is 2.57. The van der Waals surface area contributed by atoms with Crippen molar-refractivity contribution < 1.29 is 5.11 Å². The van der Waals surface area contributed by atoms with Gasteiger partial charge in [0.15, 0.2) is 0 Å². The summed E-state index contributed by atoms with van der Waals surface area (Å²) in [6, 6.07) is 9.01. The summed E-state index contributed by atoms with van der Waals surface area (Å²) in [5, 5.41) is 9.26. The molecule has 0 atom stereocenters. The van der Waals surface area contributed by atoms with Gasteiger partial charge in [0, 0.05) is 12.3 Å². The fourth-order valence-electron chi connectivity index (χ4n) is 1.28. The predicted molar refractivity (Wildman–Crippen MR) is 53.9 cm³/mol. The average Bonchev–Trinajstić information content (AvgIpc) is 2.23. The SMILES string of the molecule is Cc1ccc(O)nc1-c1ccccn1. The minimum atomic E-state index is 0.0243. The fourth-order valence-corrected chi connectivity index (χ4v) is 1.28. The van der Waals surface area contributed by atoms with Crippen LogP contribution in [0.5, 0.6) is 5.88 Å². The van der Waals surface area contributed by atoms with Gasteiger partial charge in [-0.25, -0.2) is 4.98 Å². The molecule has 0 aliphatic carbocycles. The third kappa shape index (κ3) is 1.57. The predicted octanol–water partition coefficient (Wildman–Crippen LogP) is 2.16. The molecule has 70 valence electrons. The molecule has 0 unspecified atom stereocenters. The maximum Gasteiger partial charge on any atom is 0.211 e. The number of pyridine rings is 2. The van der Waals surface area contributed by atoms with E-state index in [0.29, 0.717) is 0 Å². The molecule has 2 aromatic rings. The largest absolute Gasteiger partial charge is 0.493 e. The van der Waals surface area contributed by atoms with Gasteiger partial charge in [0.25, 0.3) is 0 Å². The summed E-state index contributed by atoms with van der Waals surface area (Å²) in [7, 11) is 0. The van der Waals surface area contributed by atoms with Gasteiger partial charge in [-0.05, 0) is 24.6 Å². The number of hydrogen-bond acceptors (Lipinski definition) is 3. The van der Waals surface area contributed by atoms with Gasteiger partial charge in [0.1, 0.15) is 0 Å². The molecule has 1 N–H and O–H groups in total. The molecule has 0 fully saturated rings. The molecule has 2 rings (SSSR count). The van der Waals surface area contributed by atoms with E-state index in [1.807, 2.05) is 31.2 Å². The number of rotatable bonds is 1. The van der Waals surface area contributed by atoms with E-state index in [1.54, 1.807) is 12.3 Å². The molecule has 0 radical (unpaired) electrons. The van der Waals surface area contributed by atoms with Crippen LogP contribution < -0.4 is 0 Å². The molecule has 0 aliphatic rings. The van der Waals surface area contributed by atoms with Crippen molar-refractivity contribution >= 4 is 0 Å². The van der Waals surface area contributed by atoms with E-state index >= 15 is 0 Å². The quantitative estimate of drug-likeness (QED) is 0.742. The summed E-state index contributed by atoms with van der Waals surface area (Å²) in [5.41, 5.74) is 2.51. The second kappa shape index (κ2) is 3.46. The monoisotopic (exact) mass is 186 g/mol. The zero-order valence-corrected chi connectivity index (χ0v) is 7.81. The third-order valence-electron chi connectivity index (χ3n) is 1.99. The van der Waals surface area contributed by atoms with E-state index in [1.165, 1.54) is 0 Å². The zero-order chi connectivity index (χ0) is 9.97. The first-order valence-corrected chi connectivity index (χ1v) is 4.35. The van der Waals surface area contributed by atoms with Crippen molar-refractivity contribution in [1.29, 1.82) is 0 Å². The molecule has 14 heavy (non-hydrogen) atoms. The lowest BCUT2D eigenvalue weighted by Gasteiger charge is -2.03. The first-order valence-electron chi connectivity index (χ1n) is 4.35. The van der Waals surface area contributed by atoms with Gasteiger partial charge in [-0.2, -0.15) is 0 Å². The Morgan fingerprint density at radius 1 is 1.14 bits per heavy atom. The molecule has 0 aliphatic heterocycles. The smallest absolute Gasteiger partial charge is 0.211 e. The second-order valence-electron chi connectivity index (χ2n) is 3.05. The Kier molecular flexibility index (Phi) is 2.14. The lowest BCUT2D eigenvalue weighted by Crippen LogP contribution is -1.90. The summed E-state index contributed by atoms with van der Waals surface area (Å²) in [6.07, 6.45) is 1.71. The molecule has 0 amide bonds. The average molecular weight is 186 g/mol. The van der Waals surface area contributed by atoms with Crippen LogP contribution in [0.2, 0.25) is 0 Å². The van der Waals surface area contributed by atoms with Crippen LogP contribution >= 0.6 is 0 Å². The van der Waals surface area contributed by atoms with Crippen LogP contribution in [-0.2, 0) is 0 Å². The van der Waals surface area contributed by atoms with E-state index in [2.05, 4.69) is 9.97 Å². The van der Waals surface area contributed by atoms with Crippen molar-refractivity contribution in [1.82, 2.24) is 9.97 Å². The number of aryl methyl sites for hydroxylation is 1. The Bertz CT molecular complexity index is 440. The van der Waals surface area contributed by atoms with E-state index in [0.717, 1.165) is 17.0 Å². The van der Waals surface area contributed by atoms with Gasteiger partial charge in [-0.3, -0.25) is 4.98 Å². The number of aromatic nitrogens is 2. The highest BCUT2D eigenvalue weighted by Gasteiger charge is 2.04. The normalized spacial score (nSPS) is 10.1. The molecule has 0 spiro atoms. The van der Waals surface area contributed by atoms with E-state index in [9.17, 15) is 5.11 Å². The van der Waals surface area contributed by atoms with Crippen molar-refractivity contribution in [3.63, 3.8) is 0 Å². The highest BCUT2D eigenvalue weighted by molar-refractivity contribution is 5.58. The summed E-state index contributed by atoms with van der Waals surface area (Å²) in [5.74, 6) is 0.0243. The maximum atomic E-state index is 9.26. The molecule has 0 saturated carbocycles. The van der Waals surface area contributed by atoms with Crippen molar-refractivity contribution in [3.05, 3.63) is 42.1 Å². The van der Waals surface area contributed by atoms with Crippen LogP contribution in [0.1, 0.15) is 5.56 Å². The minimum Gasteiger partial charge on any atom is -0.493 e. The van der Waals surface area contributed by atoms with Crippen LogP contribution in [0.3, 0.4) is 0 Å². The topological polar surface area (TPSA) is 46.0 Å². The third-order valence-corrected chi connectivity index (χ3v) is 1.99. The minimum absolute atomic E-state index is 0.0243. The van der Waals surface area contributed by atoms with Gasteiger partial charge in [0.05, 0.1) is 11.4 Å². The Hall–Kier alpha value is -1.90. The molecule has 3 nitrogen and oxygen atoms in total. The van der Waals surface area contributed by atoms with Crippen molar-refractivity contribution in [2.45, 2.75) is 6.92 Å². The van der Waals surface area contributed by atoms with Gasteiger partial charge in [0.2, 0.25) is 5.88 Å². The maximum absolute atomic E-state index is 9.26. The number of hydrogen-bond donors (Lipinski definition) is 1. The second-order valence-corrected chi connectivity index (χ2v) is 3.05. The first kappa shape index (κ1) is 8.69. The molecule has 0 aromatic carbocycles. The Labute approximate surface area is 82.1 Å². The van der Waals surface area contributed by atoms with Crippen LogP contribution in [-0.4, -0.2) is 15.1 Å². The van der Waals surface area contributed by atoms with Crippen molar-refractivity contribution in [2.24, 2.45) is 0 Å². The van der Waals surface area contributed by atoms with Crippen molar-refractivity contribution in [3.8, 4) is 17.3 Å². The van der Waals surface area contributed by atoms with Crippen LogP contribution in [0.15, 0.2) is 36.5 Å². The summed E-state index contributed by atoms with van der Waals surface area (Å²) in [6.45, 7) is 1.94. The lowest BCUT2D eigenvalue weighted by molar-refractivity contribution is 0.454. The van der Waals surface area contributed by atoms with Crippen molar-refractivity contribution in [2.75, 3.05) is 0 Å². The van der Waals surface area contributed by atoms with Gasteiger partial charge in [-0.1, -0.05) is 12.1 Å². The van der Waals surface area contributed by atoms with Crippen LogP contribution in [0.25, 0.3) is 11.4 Å². The number of nitrogens with zero attached hydrogens (tertiary/aromatic N) is 2. The summed E-state index contributed by atoms with van der Waals surface area (Å²) >= 11 is 0. The zero-order valence-electron chi connectivity index (χ0n) is 7.81. The Morgan fingerprint density at radius 3 is 2.71 bits per heavy atom. The Morgan fingerprint density at radius 2 is 2.00 bits per heavy atom. The highest BCUT2D eigenvalue weighted by atomic mass is 16.3. The molecule has 2 aromatic heterocycles. The molecule has 2 heterocycles.